The highest BCUT2D eigenvalue weighted by Gasteiger charge is 2.53. The average molecular weight is 399 g/mol. The Labute approximate surface area is 163 Å². The Hall–Kier alpha value is 0.651. The third-order valence-electron chi connectivity index (χ3n) is 8.21. The lowest BCUT2D eigenvalue weighted by Crippen LogP contribution is -2.56. The first-order chi connectivity index (χ1) is 11.6. The highest BCUT2D eigenvalue weighted by Crippen LogP contribution is 2.52. The lowest BCUT2D eigenvalue weighted by atomic mass is 10.1. The summed E-state index contributed by atoms with van der Waals surface area (Å²) >= 11 is 0. The van der Waals surface area contributed by atoms with Crippen molar-refractivity contribution in [1.82, 2.24) is 0 Å². The summed E-state index contributed by atoms with van der Waals surface area (Å²) in [6.45, 7) is 21.5. The Balaban J connectivity index is 2.85. The van der Waals surface area contributed by atoms with Crippen LogP contribution >= 0.6 is 0 Å². The SMILES string of the molecule is CCCCCCC1C[Si](C)(C)[Si](C)(C)C(CCCCCC)C[Si]1(C)C. The van der Waals surface area contributed by atoms with Crippen molar-refractivity contribution in [3.05, 3.63) is 0 Å². The van der Waals surface area contributed by atoms with Crippen LogP contribution in [0.5, 0.6) is 0 Å². The minimum atomic E-state index is -1.07. The van der Waals surface area contributed by atoms with E-state index in [0.29, 0.717) is 0 Å². The molecule has 1 rings (SSSR count). The molecule has 0 aromatic heterocycles. The number of hydrogen-bond donors (Lipinski definition) is 0. The zero-order chi connectivity index (χ0) is 19.1. The van der Waals surface area contributed by atoms with Crippen LogP contribution in [0.4, 0.5) is 0 Å². The van der Waals surface area contributed by atoms with Crippen molar-refractivity contribution < 1.29 is 0 Å². The van der Waals surface area contributed by atoms with E-state index in [0.717, 1.165) is 11.1 Å². The number of rotatable bonds is 10. The van der Waals surface area contributed by atoms with Gasteiger partial charge in [0.05, 0.1) is 8.07 Å². The van der Waals surface area contributed by atoms with E-state index in [1.165, 1.54) is 51.4 Å². The molecule has 1 aliphatic heterocycles. The molecule has 0 amide bonds. The van der Waals surface area contributed by atoms with Gasteiger partial charge in [-0.3, -0.25) is 0 Å². The fourth-order valence-electron chi connectivity index (χ4n) is 5.36. The predicted octanol–water partition coefficient (Wildman–Crippen LogP) is 8.88. The van der Waals surface area contributed by atoms with Gasteiger partial charge in [0, 0.05) is 15.2 Å². The van der Waals surface area contributed by atoms with Crippen LogP contribution in [-0.4, -0.2) is 23.3 Å². The highest BCUT2D eigenvalue weighted by molar-refractivity contribution is 7.41. The summed E-state index contributed by atoms with van der Waals surface area (Å²) in [4.78, 5) is 0. The second-order valence-corrected chi connectivity index (χ2v) is 32.7. The van der Waals surface area contributed by atoms with E-state index < -0.39 is 23.3 Å². The summed E-state index contributed by atoms with van der Waals surface area (Å²) < 4.78 is 0. The molecule has 0 saturated carbocycles. The van der Waals surface area contributed by atoms with Crippen LogP contribution in [0.3, 0.4) is 0 Å². The predicted molar refractivity (Wildman–Crippen MR) is 127 cm³/mol. The van der Waals surface area contributed by atoms with E-state index in [1.54, 1.807) is 24.9 Å². The van der Waals surface area contributed by atoms with E-state index in [9.17, 15) is 0 Å². The normalized spacial score (nSPS) is 27.8. The van der Waals surface area contributed by atoms with Gasteiger partial charge in [-0.2, -0.15) is 0 Å². The Bertz CT molecular complexity index is 373. The van der Waals surface area contributed by atoms with Crippen molar-refractivity contribution in [2.24, 2.45) is 0 Å². The lowest BCUT2D eigenvalue weighted by molar-refractivity contribution is 0.604. The summed E-state index contributed by atoms with van der Waals surface area (Å²) in [6, 6.07) is 3.36. The van der Waals surface area contributed by atoms with Crippen molar-refractivity contribution in [1.29, 1.82) is 0 Å². The summed E-state index contributed by atoms with van der Waals surface area (Å²) in [5.74, 6) is 0. The van der Waals surface area contributed by atoms with Gasteiger partial charge in [0.15, 0.2) is 0 Å². The van der Waals surface area contributed by atoms with Crippen LogP contribution in [0.2, 0.25) is 62.5 Å². The molecule has 0 aromatic carbocycles. The summed E-state index contributed by atoms with van der Waals surface area (Å²) in [7, 11) is -3.19. The minimum absolute atomic E-state index is 1.05. The summed E-state index contributed by atoms with van der Waals surface area (Å²) in [5, 5.41) is 0. The molecular formula is C22H50Si3. The Morgan fingerprint density at radius 2 is 1.08 bits per heavy atom. The van der Waals surface area contributed by atoms with Crippen LogP contribution in [0.15, 0.2) is 0 Å². The van der Waals surface area contributed by atoms with Crippen LogP contribution < -0.4 is 0 Å². The molecule has 25 heavy (non-hydrogen) atoms. The fourth-order valence-corrected chi connectivity index (χ4v) is 27.1. The maximum Gasteiger partial charge on any atom is 0.0501 e. The molecule has 1 saturated heterocycles. The molecule has 0 spiro atoms. The molecule has 0 radical (unpaired) electrons. The monoisotopic (exact) mass is 398 g/mol. The highest BCUT2D eigenvalue weighted by atomic mass is 29.3. The van der Waals surface area contributed by atoms with Crippen molar-refractivity contribution in [2.75, 3.05) is 0 Å². The number of hydrogen-bond acceptors (Lipinski definition) is 0. The Kier molecular flexibility index (Phi) is 9.73. The van der Waals surface area contributed by atoms with Gasteiger partial charge in [-0.1, -0.05) is 129 Å². The van der Waals surface area contributed by atoms with Gasteiger partial charge < -0.3 is 0 Å². The average Bonchev–Trinajstić information content (AvgIpc) is 2.56. The van der Waals surface area contributed by atoms with E-state index in [1.807, 2.05) is 0 Å². The Morgan fingerprint density at radius 3 is 1.56 bits per heavy atom. The largest absolute Gasteiger partial charge is 0.0713 e. The van der Waals surface area contributed by atoms with Gasteiger partial charge in [0.1, 0.15) is 0 Å². The number of unbranched alkanes of at least 4 members (excludes halogenated alkanes) is 6. The molecule has 0 aromatic rings. The first-order valence-electron chi connectivity index (χ1n) is 11.6. The Morgan fingerprint density at radius 1 is 0.600 bits per heavy atom. The molecule has 1 heterocycles. The fraction of sp³-hybridized carbons (Fsp3) is 1.00. The summed E-state index contributed by atoms with van der Waals surface area (Å²) in [5.41, 5.74) is 2.28. The van der Waals surface area contributed by atoms with E-state index >= 15 is 0 Å². The summed E-state index contributed by atoms with van der Waals surface area (Å²) in [6.07, 6.45) is 14.8. The van der Waals surface area contributed by atoms with Crippen molar-refractivity contribution in [2.45, 2.75) is 141 Å². The second kappa shape index (κ2) is 10.3. The molecule has 0 aliphatic carbocycles. The van der Waals surface area contributed by atoms with Gasteiger partial charge in [0.2, 0.25) is 0 Å². The van der Waals surface area contributed by atoms with Gasteiger partial charge >= 0.3 is 0 Å². The van der Waals surface area contributed by atoms with Crippen LogP contribution in [0, 0.1) is 0 Å². The molecule has 3 heteroatoms. The zero-order valence-electron chi connectivity index (χ0n) is 19.1. The van der Waals surface area contributed by atoms with Crippen molar-refractivity contribution >= 4 is 23.3 Å². The van der Waals surface area contributed by atoms with Crippen molar-refractivity contribution in [3.63, 3.8) is 0 Å². The molecule has 0 bridgehead atoms. The molecular weight excluding hydrogens is 349 g/mol. The maximum atomic E-state index is 2.81. The van der Waals surface area contributed by atoms with Gasteiger partial charge in [0.25, 0.3) is 0 Å². The van der Waals surface area contributed by atoms with Crippen LogP contribution in [-0.2, 0) is 0 Å². The van der Waals surface area contributed by atoms with E-state index in [2.05, 4.69) is 53.1 Å². The topological polar surface area (TPSA) is 0 Å². The third-order valence-corrected chi connectivity index (χ3v) is 33.1. The molecule has 1 aliphatic rings. The van der Waals surface area contributed by atoms with Gasteiger partial charge in [-0.05, 0) is 11.1 Å². The molecule has 2 atom stereocenters. The van der Waals surface area contributed by atoms with Crippen LogP contribution in [0.25, 0.3) is 0 Å². The maximum absolute atomic E-state index is 2.81. The van der Waals surface area contributed by atoms with E-state index in [4.69, 9.17) is 0 Å². The van der Waals surface area contributed by atoms with Crippen LogP contribution in [0.1, 0.15) is 78.1 Å². The molecule has 0 N–H and O–H groups in total. The zero-order valence-corrected chi connectivity index (χ0v) is 22.1. The standard InChI is InChI=1S/C22H50Si3/c1-9-11-13-15-17-21-20-24(5,6)25(7,8)22(19-23(21,3)4)18-16-14-12-10-2/h21-22H,9-20H2,1-8H3. The van der Waals surface area contributed by atoms with Crippen molar-refractivity contribution in [3.8, 4) is 0 Å². The lowest BCUT2D eigenvalue weighted by Gasteiger charge is -2.43. The third kappa shape index (κ3) is 6.64. The van der Waals surface area contributed by atoms with Gasteiger partial charge in [-0.15, -0.1) is 0 Å². The molecule has 0 nitrogen and oxygen atoms in total. The first-order valence-corrected chi connectivity index (χ1v) is 22.2. The second-order valence-electron chi connectivity index (χ2n) is 11.1. The quantitative estimate of drug-likeness (QED) is 0.254. The first kappa shape index (κ1) is 23.7. The smallest absolute Gasteiger partial charge is 0.0501 e. The van der Waals surface area contributed by atoms with E-state index in [-0.39, 0.29) is 0 Å². The molecule has 1 fully saturated rings. The molecule has 150 valence electrons. The minimum Gasteiger partial charge on any atom is -0.0713 e. The molecule has 2 unspecified atom stereocenters. The van der Waals surface area contributed by atoms with Gasteiger partial charge in [-0.25, -0.2) is 0 Å².